The standard InChI is InChI=1S/C11H14ClN.C8H8ClNO/c1-4-5-11(12)7-10-6-8(2)13-9(10)3;9-8-3-1-7(2-4-8)5-10-6-11/h5-7,13H,3-4H2,1-2H3;1-4,6H,5H2,(H,10,11)/b10-7-,11-5+;. The number of aromatic amines is 1. The lowest BCUT2D eigenvalue weighted by Gasteiger charge is -1.98. The number of carbonyl (C=O) groups is 1. The highest BCUT2D eigenvalue weighted by atomic mass is 35.5. The first-order valence-corrected chi connectivity index (χ1v) is 8.35. The van der Waals surface area contributed by atoms with Gasteiger partial charge in [0.2, 0.25) is 6.41 Å². The van der Waals surface area contributed by atoms with Crippen molar-refractivity contribution in [2.24, 2.45) is 0 Å². The van der Waals surface area contributed by atoms with E-state index in [1.165, 1.54) is 0 Å². The number of aryl methyl sites for hydroxylation is 1. The van der Waals surface area contributed by atoms with Gasteiger partial charge in [0, 0.05) is 32.9 Å². The van der Waals surface area contributed by atoms with Crippen molar-refractivity contribution in [3.05, 3.63) is 68.3 Å². The van der Waals surface area contributed by atoms with Crippen LogP contribution < -0.4 is 15.9 Å². The van der Waals surface area contributed by atoms with Crippen molar-refractivity contribution in [3.8, 4) is 0 Å². The van der Waals surface area contributed by atoms with E-state index in [9.17, 15) is 4.79 Å². The molecular weight excluding hydrogens is 343 g/mol. The van der Waals surface area contributed by atoms with Crippen LogP contribution in [0.3, 0.4) is 0 Å². The Morgan fingerprint density at radius 2 is 2.00 bits per heavy atom. The minimum absolute atomic E-state index is 0.556. The van der Waals surface area contributed by atoms with Crippen molar-refractivity contribution in [2.45, 2.75) is 26.8 Å². The van der Waals surface area contributed by atoms with Gasteiger partial charge in [-0.05, 0) is 43.2 Å². The van der Waals surface area contributed by atoms with Crippen LogP contribution in [-0.4, -0.2) is 11.4 Å². The molecule has 5 heteroatoms. The minimum Gasteiger partial charge on any atom is -0.359 e. The summed E-state index contributed by atoms with van der Waals surface area (Å²) in [5.41, 5.74) is 2.15. The van der Waals surface area contributed by atoms with Crippen molar-refractivity contribution in [3.63, 3.8) is 0 Å². The number of amides is 1. The Morgan fingerprint density at radius 1 is 1.33 bits per heavy atom. The molecule has 0 spiro atoms. The molecule has 2 N–H and O–H groups in total. The molecule has 0 saturated carbocycles. The summed E-state index contributed by atoms with van der Waals surface area (Å²) in [4.78, 5) is 13.0. The Kier molecular flexibility index (Phi) is 8.98. The van der Waals surface area contributed by atoms with Gasteiger partial charge in [-0.15, -0.1) is 0 Å². The highest BCUT2D eigenvalue weighted by molar-refractivity contribution is 6.33. The fourth-order valence-corrected chi connectivity index (χ4v) is 2.36. The Labute approximate surface area is 152 Å². The fourth-order valence-electron chi connectivity index (χ4n) is 1.96. The molecule has 24 heavy (non-hydrogen) atoms. The minimum atomic E-state index is 0.556. The van der Waals surface area contributed by atoms with Crippen LogP contribution in [0.25, 0.3) is 12.7 Å². The van der Waals surface area contributed by atoms with E-state index in [2.05, 4.69) is 23.8 Å². The molecule has 1 aromatic heterocycles. The van der Waals surface area contributed by atoms with Crippen LogP contribution in [0.15, 0.2) is 41.4 Å². The SMILES string of the molecule is C=c1[nH]c(C)c/c1=C/C(Cl)=C\CC.O=CNCc1ccc(Cl)cc1. The molecule has 1 aromatic carbocycles. The van der Waals surface area contributed by atoms with Gasteiger partial charge in [-0.1, -0.05) is 54.9 Å². The summed E-state index contributed by atoms with van der Waals surface area (Å²) in [7, 11) is 0. The van der Waals surface area contributed by atoms with Gasteiger partial charge in [0.25, 0.3) is 0 Å². The van der Waals surface area contributed by atoms with Crippen LogP contribution in [-0.2, 0) is 11.3 Å². The summed E-state index contributed by atoms with van der Waals surface area (Å²) in [6, 6.07) is 9.37. The molecule has 128 valence electrons. The highest BCUT2D eigenvalue weighted by Crippen LogP contribution is 2.08. The van der Waals surface area contributed by atoms with E-state index in [4.69, 9.17) is 23.2 Å². The third kappa shape index (κ3) is 7.53. The van der Waals surface area contributed by atoms with Crippen LogP contribution in [0.5, 0.6) is 0 Å². The molecule has 2 aromatic rings. The van der Waals surface area contributed by atoms with Crippen molar-refractivity contribution in [1.29, 1.82) is 0 Å². The number of hydrogen-bond acceptors (Lipinski definition) is 1. The van der Waals surface area contributed by atoms with Crippen molar-refractivity contribution in [2.75, 3.05) is 0 Å². The number of carbonyl (C=O) groups excluding carboxylic acids is 1. The van der Waals surface area contributed by atoms with E-state index >= 15 is 0 Å². The lowest BCUT2D eigenvalue weighted by atomic mass is 10.2. The molecule has 2 rings (SSSR count). The second kappa shape index (κ2) is 10.7. The van der Waals surface area contributed by atoms with Gasteiger partial charge < -0.3 is 10.3 Å². The summed E-state index contributed by atoms with van der Waals surface area (Å²) in [5, 5.41) is 6.02. The number of aromatic nitrogens is 1. The molecule has 0 unspecified atom stereocenters. The van der Waals surface area contributed by atoms with Gasteiger partial charge >= 0.3 is 0 Å². The Morgan fingerprint density at radius 3 is 2.50 bits per heavy atom. The molecule has 0 bridgehead atoms. The normalized spacial score (nSPS) is 11.7. The Balaban J connectivity index is 0.000000243. The van der Waals surface area contributed by atoms with Crippen molar-refractivity contribution in [1.82, 2.24) is 10.3 Å². The second-order valence-corrected chi connectivity index (χ2v) is 6.03. The smallest absolute Gasteiger partial charge is 0.207 e. The molecular formula is C19H22Cl2N2O. The van der Waals surface area contributed by atoms with E-state index < -0.39 is 0 Å². The molecule has 0 aliphatic carbocycles. The first-order valence-electron chi connectivity index (χ1n) is 7.59. The first kappa shape index (κ1) is 20.1. The third-order valence-corrected chi connectivity index (χ3v) is 3.58. The average molecular weight is 365 g/mol. The highest BCUT2D eigenvalue weighted by Gasteiger charge is 1.91. The molecule has 3 nitrogen and oxygen atoms in total. The van der Waals surface area contributed by atoms with Gasteiger partial charge in [0.15, 0.2) is 0 Å². The summed E-state index contributed by atoms with van der Waals surface area (Å²) in [5.74, 6) is 0. The maximum Gasteiger partial charge on any atom is 0.207 e. The summed E-state index contributed by atoms with van der Waals surface area (Å²) in [6.45, 7) is 8.50. The van der Waals surface area contributed by atoms with Crippen LogP contribution in [0.2, 0.25) is 5.02 Å². The van der Waals surface area contributed by atoms with Crippen molar-refractivity contribution >= 4 is 42.3 Å². The van der Waals surface area contributed by atoms with E-state index in [-0.39, 0.29) is 0 Å². The van der Waals surface area contributed by atoms with Crippen LogP contribution in [0, 0.1) is 6.92 Å². The number of rotatable bonds is 5. The van der Waals surface area contributed by atoms with Crippen molar-refractivity contribution < 1.29 is 4.79 Å². The van der Waals surface area contributed by atoms with E-state index in [1.807, 2.05) is 37.3 Å². The number of halogens is 2. The lowest BCUT2D eigenvalue weighted by Crippen LogP contribution is -2.19. The van der Waals surface area contributed by atoms with E-state index in [0.29, 0.717) is 18.0 Å². The third-order valence-electron chi connectivity index (χ3n) is 3.06. The summed E-state index contributed by atoms with van der Waals surface area (Å²) < 4.78 is 0. The average Bonchev–Trinajstić information content (AvgIpc) is 2.85. The quantitative estimate of drug-likeness (QED) is 0.781. The second-order valence-electron chi connectivity index (χ2n) is 5.15. The zero-order valence-electron chi connectivity index (χ0n) is 13.9. The predicted octanol–water partition coefficient (Wildman–Crippen LogP) is 3.63. The summed E-state index contributed by atoms with van der Waals surface area (Å²) in [6.07, 6.45) is 5.53. The number of H-pyrrole nitrogens is 1. The zero-order chi connectivity index (χ0) is 17.9. The molecule has 0 aliphatic heterocycles. The van der Waals surface area contributed by atoms with Gasteiger partial charge in [0.1, 0.15) is 0 Å². The predicted molar refractivity (Wildman–Crippen MR) is 103 cm³/mol. The lowest BCUT2D eigenvalue weighted by molar-refractivity contribution is -0.109. The number of hydrogen-bond donors (Lipinski definition) is 2. The maximum atomic E-state index is 9.91. The molecule has 1 amide bonds. The topological polar surface area (TPSA) is 44.9 Å². The van der Waals surface area contributed by atoms with Crippen LogP contribution >= 0.6 is 23.2 Å². The number of nitrogens with one attached hydrogen (secondary N) is 2. The van der Waals surface area contributed by atoms with Gasteiger partial charge in [0.05, 0.1) is 0 Å². The number of benzene rings is 1. The molecule has 1 heterocycles. The Bertz CT molecular complexity index is 777. The maximum absolute atomic E-state index is 9.91. The van der Waals surface area contributed by atoms with Gasteiger partial charge in [-0.25, -0.2) is 0 Å². The monoisotopic (exact) mass is 364 g/mol. The van der Waals surface area contributed by atoms with Crippen LogP contribution in [0.1, 0.15) is 24.6 Å². The van der Waals surface area contributed by atoms with E-state index in [0.717, 1.165) is 33.3 Å². The van der Waals surface area contributed by atoms with Gasteiger partial charge in [-0.3, -0.25) is 4.79 Å². The Hall–Kier alpha value is -1.97. The first-order chi connectivity index (χ1) is 11.5. The van der Waals surface area contributed by atoms with E-state index in [1.54, 1.807) is 12.1 Å². The zero-order valence-corrected chi connectivity index (χ0v) is 15.4. The molecule has 0 saturated heterocycles. The molecule has 0 atom stereocenters. The fraction of sp³-hybridized carbons (Fsp3) is 0.211. The van der Waals surface area contributed by atoms with Gasteiger partial charge in [-0.2, -0.15) is 0 Å². The molecule has 0 aliphatic rings. The largest absolute Gasteiger partial charge is 0.359 e. The molecule has 0 fully saturated rings. The number of allylic oxidation sites excluding steroid dienone is 2. The summed E-state index contributed by atoms with van der Waals surface area (Å²) >= 11 is 11.6. The molecule has 0 radical (unpaired) electrons. The van der Waals surface area contributed by atoms with Crippen LogP contribution in [0.4, 0.5) is 0 Å².